The standard InChI is InChI=1S/C8H9BO4/c1-13-7-3-2-5(9-12)4-6(7)8(10)11/h2-4,9,12H,1H3,(H,10,11). The number of carboxylic acids is 1. The topological polar surface area (TPSA) is 66.8 Å². The van der Waals surface area contributed by atoms with Crippen LogP contribution in [0.15, 0.2) is 18.2 Å². The van der Waals surface area contributed by atoms with E-state index in [-0.39, 0.29) is 13.0 Å². The molecule has 0 aliphatic carbocycles. The molecule has 13 heavy (non-hydrogen) atoms. The molecule has 0 fully saturated rings. The molecular weight excluding hydrogens is 171 g/mol. The number of hydrogen-bond acceptors (Lipinski definition) is 3. The van der Waals surface area contributed by atoms with Crippen LogP contribution in [-0.2, 0) is 0 Å². The zero-order valence-corrected chi connectivity index (χ0v) is 7.15. The molecule has 2 N–H and O–H groups in total. The van der Waals surface area contributed by atoms with Crippen LogP contribution in [0.3, 0.4) is 0 Å². The van der Waals surface area contributed by atoms with Crippen molar-refractivity contribution in [3.05, 3.63) is 23.8 Å². The van der Waals surface area contributed by atoms with Gasteiger partial charge in [-0.2, -0.15) is 0 Å². The Bertz CT molecular complexity index is 324. The predicted octanol–water partition coefficient (Wildman–Crippen LogP) is -0.638. The third-order valence-corrected chi connectivity index (χ3v) is 1.68. The van der Waals surface area contributed by atoms with Crippen molar-refractivity contribution in [2.24, 2.45) is 0 Å². The van der Waals surface area contributed by atoms with Gasteiger partial charge in [0.05, 0.1) is 7.11 Å². The molecule has 0 amide bonds. The van der Waals surface area contributed by atoms with E-state index in [1.165, 1.54) is 19.2 Å². The minimum absolute atomic E-state index is 0.0639. The number of hydrogen-bond donors (Lipinski definition) is 2. The molecule has 0 aromatic heterocycles. The van der Waals surface area contributed by atoms with Crippen molar-refractivity contribution in [2.45, 2.75) is 0 Å². The lowest BCUT2D eigenvalue weighted by Gasteiger charge is -2.05. The zero-order chi connectivity index (χ0) is 9.84. The highest BCUT2D eigenvalue weighted by molar-refractivity contribution is 6.45. The van der Waals surface area contributed by atoms with Crippen LogP contribution in [0.2, 0.25) is 0 Å². The summed E-state index contributed by atoms with van der Waals surface area (Å²) in [6.07, 6.45) is 0. The van der Waals surface area contributed by atoms with Crippen molar-refractivity contribution in [1.82, 2.24) is 0 Å². The normalized spacial score (nSPS) is 9.38. The SMILES string of the molecule is COc1ccc(BO)cc1C(=O)O. The Morgan fingerprint density at radius 1 is 1.54 bits per heavy atom. The molecule has 4 nitrogen and oxygen atoms in total. The van der Waals surface area contributed by atoms with Crippen molar-refractivity contribution < 1.29 is 19.7 Å². The lowest BCUT2D eigenvalue weighted by Crippen LogP contribution is -2.15. The minimum Gasteiger partial charge on any atom is -0.496 e. The number of carboxylic acid groups (broad SMARTS) is 1. The van der Waals surface area contributed by atoms with Crippen LogP contribution in [0.4, 0.5) is 0 Å². The Balaban J connectivity index is 3.18. The third kappa shape index (κ3) is 2.00. The van der Waals surface area contributed by atoms with E-state index in [1.807, 2.05) is 0 Å². The molecule has 1 aromatic rings. The largest absolute Gasteiger partial charge is 0.496 e. The van der Waals surface area contributed by atoms with E-state index in [9.17, 15) is 4.79 Å². The zero-order valence-electron chi connectivity index (χ0n) is 7.15. The molecule has 0 bridgehead atoms. The van der Waals surface area contributed by atoms with Gasteiger partial charge in [0.2, 0.25) is 0 Å². The van der Waals surface area contributed by atoms with Crippen LogP contribution >= 0.6 is 0 Å². The monoisotopic (exact) mass is 180 g/mol. The van der Waals surface area contributed by atoms with Crippen LogP contribution in [0.5, 0.6) is 5.75 Å². The molecule has 1 aromatic carbocycles. The highest BCUT2D eigenvalue weighted by Crippen LogP contribution is 2.15. The lowest BCUT2D eigenvalue weighted by molar-refractivity contribution is 0.0693. The number of rotatable bonds is 3. The number of ether oxygens (including phenoxy) is 1. The predicted molar refractivity (Wildman–Crippen MR) is 49.0 cm³/mol. The van der Waals surface area contributed by atoms with E-state index in [0.717, 1.165) is 0 Å². The van der Waals surface area contributed by atoms with Crippen LogP contribution in [-0.4, -0.2) is 30.7 Å². The number of methoxy groups -OCH3 is 1. The second-order valence-electron chi connectivity index (χ2n) is 2.50. The van der Waals surface area contributed by atoms with Gasteiger partial charge in [-0.05, 0) is 12.1 Å². The van der Waals surface area contributed by atoms with Gasteiger partial charge in [-0.1, -0.05) is 11.5 Å². The molecule has 0 aliphatic rings. The first-order valence-corrected chi connectivity index (χ1v) is 3.70. The fourth-order valence-electron chi connectivity index (χ4n) is 1.02. The summed E-state index contributed by atoms with van der Waals surface area (Å²) in [5.74, 6) is -0.767. The second kappa shape index (κ2) is 3.95. The first-order chi connectivity index (χ1) is 6.19. The van der Waals surface area contributed by atoms with Gasteiger partial charge in [0, 0.05) is 0 Å². The molecular formula is C8H9BO4. The second-order valence-corrected chi connectivity index (χ2v) is 2.50. The summed E-state index contributed by atoms with van der Waals surface area (Å²) in [7, 11) is 1.23. The third-order valence-electron chi connectivity index (χ3n) is 1.68. The number of benzene rings is 1. The molecule has 1 rings (SSSR count). The summed E-state index contributed by atoms with van der Waals surface area (Å²) < 4.78 is 4.84. The van der Waals surface area contributed by atoms with Gasteiger partial charge in [0.15, 0.2) is 0 Å². The summed E-state index contributed by atoms with van der Waals surface area (Å²) in [4.78, 5) is 10.7. The van der Waals surface area contributed by atoms with Gasteiger partial charge in [-0.15, -0.1) is 0 Å². The Labute approximate surface area is 76.0 Å². The van der Waals surface area contributed by atoms with Crippen molar-refractivity contribution in [3.8, 4) is 5.75 Å². The van der Waals surface area contributed by atoms with Gasteiger partial charge < -0.3 is 14.9 Å². The average molecular weight is 180 g/mol. The van der Waals surface area contributed by atoms with Crippen LogP contribution in [0, 0.1) is 0 Å². The molecule has 0 heterocycles. The molecule has 0 saturated heterocycles. The molecule has 0 aliphatic heterocycles. The maximum Gasteiger partial charge on any atom is 0.339 e. The maximum atomic E-state index is 10.7. The van der Waals surface area contributed by atoms with Crippen molar-refractivity contribution >= 4 is 18.9 Å². The molecule has 0 radical (unpaired) electrons. The van der Waals surface area contributed by atoms with E-state index in [4.69, 9.17) is 14.9 Å². The van der Waals surface area contributed by atoms with Crippen molar-refractivity contribution in [2.75, 3.05) is 7.11 Å². The number of carbonyl (C=O) groups is 1. The van der Waals surface area contributed by atoms with Gasteiger partial charge in [0.1, 0.15) is 11.3 Å². The molecule has 68 valence electrons. The van der Waals surface area contributed by atoms with Crippen molar-refractivity contribution in [3.63, 3.8) is 0 Å². The van der Waals surface area contributed by atoms with E-state index >= 15 is 0 Å². The summed E-state index contributed by atoms with van der Waals surface area (Å²) >= 11 is 0. The molecule has 0 unspecified atom stereocenters. The van der Waals surface area contributed by atoms with Crippen LogP contribution in [0.1, 0.15) is 10.4 Å². The summed E-state index contributed by atoms with van der Waals surface area (Å²) in [5, 5.41) is 17.5. The van der Waals surface area contributed by atoms with Crippen molar-refractivity contribution in [1.29, 1.82) is 0 Å². The van der Waals surface area contributed by atoms with Crippen LogP contribution < -0.4 is 10.2 Å². The smallest absolute Gasteiger partial charge is 0.339 e. The molecule has 0 atom stereocenters. The first-order valence-electron chi connectivity index (χ1n) is 3.70. The van der Waals surface area contributed by atoms with E-state index in [1.54, 1.807) is 6.07 Å². The first kappa shape index (κ1) is 9.60. The van der Waals surface area contributed by atoms with Gasteiger partial charge in [-0.25, -0.2) is 4.79 Å². The number of aromatic carboxylic acids is 1. The van der Waals surface area contributed by atoms with Crippen LogP contribution in [0.25, 0.3) is 0 Å². The Morgan fingerprint density at radius 3 is 2.69 bits per heavy atom. The van der Waals surface area contributed by atoms with Gasteiger partial charge >= 0.3 is 13.5 Å². The fourth-order valence-corrected chi connectivity index (χ4v) is 1.02. The minimum atomic E-state index is -1.06. The summed E-state index contributed by atoms with van der Waals surface area (Å²) in [5.41, 5.74) is 0.618. The quantitative estimate of drug-likeness (QED) is 0.607. The highest BCUT2D eigenvalue weighted by Gasteiger charge is 2.11. The van der Waals surface area contributed by atoms with Gasteiger partial charge in [0.25, 0.3) is 0 Å². The van der Waals surface area contributed by atoms with E-state index in [2.05, 4.69) is 0 Å². The van der Waals surface area contributed by atoms with E-state index < -0.39 is 5.97 Å². The fraction of sp³-hybridized carbons (Fsp3) is 0.125. The average Bonchev–Trinajstić information content (AvgIpc) is 2.16. The summed E-state index contributed by atoms with van der Waals surface area (Å²) in [6.45, 7) is 0. The molecule has 0 saturated carbocycles. The highest BCUT2D eigenvalue weighted by atomic mass is 16.5. The Hall–Kier alpha value is -1.49. The molecule has 0 spiro atoms. The maximum absolute atomic E-state index is 10.7. The lowest BCUT2D eigenvalue weighted by atomic mass is 9.87. The Kier molecular flexibility index (Phi) is 2.92. The summed E-state index contributed by atoms with van der Waals surface area (Å²) in [6, 6.07) is 4.53. The van der Waals surface area contributed by atoms with E-state index in [0.29, 0.717) is 11.2 Å². The molecule has 5 heteroatoms. The van der Waals surface area contributed by atoms with Gasteiger partial charge in [-0.3, -0.25) is 0 Å². The Morgan fingerprint density at radius 2 is 2.23 bits per heavy atom.